The van der Waals surface area contributed by atoms with Gasteiger partial charge in [-0.15, -0.1) is 0 Å². The van der Waals surface area contributed by atoms with E-state index in [9.17, 15) is 8.42 Å². The van der Waals surface area contributed by atoms with E-state index < -0.39 is 10.0 Å². The summed E-state index contributed by atoms with van der Waals surface area (Å²) in [5.41, 5.74) is 0. The van der Waals surface area contributed by atoms with Crippen molar-refractivity contribution in [1.29, 1.82) is 0 Å². The number of hydrogen-bond acceptors (Lipinski definition) is 3. The van der Waals surface area contributed by atoms with Gasteiger partial charge >= 0.3 is 0 Å². The first-order valence-electron chi connectivity index (χ1n) is 4.81. The first-order valence-corrected chi connectivity index (χ1v) is 6.52. The number of nitrogens with zero attached hydrogens (tertiary/aromatic N) is 1. The summed E-state index contributed by atoms with van der Waals surface area (Å²) in [4.78, 5) is 2.31. The molecule has 1 aliphatic rings. The molecule has 2 N–H and O–H groups in total. The Morgan fingerprint density at radius 3 is 2.31 bits per heavy atom. The molecule has 1 heterocycles. The SMILES string of the molecule is NS(=O)(=O)CCCN1CCCCC1. The Bertz CT molecular complexity index is 233. The number of piperidine rings is 1. The second-order valence-electron chi connectivity index (χ2n) is 3.62. The molecule has 0 spiro atoms. The minimum atomic E-state index is -3.25. The molecular formula is C8H18N2O2S. The highest BCUT2D eigenvalue weighted by molar-refractivity contribution is 7.89. The number of rotatable bonds is 4. The lowest BCUT2D eigenvalue weighted by Gasteiger charge is -2.25. The third kappa shape index (κ3) is 5.23. The first kappa shape index (κ1) is 10.9. The van der Waals surface area contributed by atoms with Gasteiger partial charge in [-0.3, -0.25) is 0 Å². The maximum atomic E-state index is 10.6. The minimum absolute atomic E-state index is 0.115. The molecule has 0 aromatic carbocycles. The Hall–Kier alpha value is -0.130. The summed E-state index contributed by atoms with van der Waals surface area (Å²) < 4.78 is 21.3. The van der Waals surface area contributed by atoms with Gasteiger partial charge in [-0.2, -0.15) is 0 Å². The Balaban J connectivity index is 2.11. The number of likely N-dealkylation sites (tertiary alicyclic amines) is 1. The van der Waals surface area contributed by atoms with Gasteiger partial charge in [-0.05, 0) is 38.9 Å². The van der Waals surface area contributed by atoms with Crippen molar-refractivity contribution in [2.75, 3.05) is 25.4 Å². The van der Waals surface area contributed by atoms with Crippen molar-refractivity contribution < 1.29 is 8.42 Å². The summed E-state index contributed by atoms with van der Waals surface area (Å²) in [5, 5.41) is 4.90. The molecule has 0 bridgehead atoms. The lowest BCUT2D eigenvalue weighted by Crippen LogP contribution is -2.32. The first-order chi connectivity index (χ1) is 6.08. The Kier molecular flexibility index (Phi) is 4.15. The van der Waals surface area contributed by atoms with Crippen molar-refractivity contribution in [3.63, 3.8) is 0 Å². The Morgan fingerprint density at radius 1 is 1.15 bits per heavy atom. The van der Waals surface area contributed by atoms with Crippen LogP contribution in [-0.4, -0.2) is 38.7 Å². The van der Waals surface area contributed by atoms with Gasteiger partial charge in [0.05, 0.1) is 5.75 Å². The summed E-state index contributed by atoms with van der Waals surface area (Å²) in [7, 11) is -3.25. The Morgan fingerprint density at radius 2 is 1.77 bits per heavy atom. The maximum absolute atomic E-state index is 10.6. The number of hydrogen-bond donors (Lipinski definition) is 1. The van der Waals surface area contributed by atoms with Gasteiger partial charge in [0.1, 0.15) is 0 Å². The largest absolute Gasteiger partial charge is 0.303 e. The fourth-order valence-electron chi connectivity index (χ4n) is 1.67. The third-order valence-electron chi connectivity index (χ3n) is 2.35. The van der Waals surface area contributed by atoms with Crippen molar-refractivity contribution in [2.24, 2.45) is 5.14 Å². The second kappa shape index (κ2) is 4.93. The fourth-order valence-corrected chi connectivity index (χ4v) is 2.20. The van der Waals surface area contributed by atoms with Gasteiger partial charge in [-0.25, -0.2) is 13.6 Å². The van der Waals surface area contributed by atoms with Crippen molar-refractivity contribution in [2.45, 2.75) is 25.7 Å². The molecular weight excluding hydrogens is 188 g/mol. The van der Waals surface area contributed by atoms with Gasteiger partial charge in [0, 0.05) is 0 Å². The molecule has 13 heavy (non-hydrogen) atoms. The second-order valence-corrected chi connectivity index (χ2v) is 5.36. The van der Waals surface area contributed by atoms with E-state index in [1.54, 1.807) is 0 Å². The highest BCUT2D eigenvalue weighted by Gasteiger charge is 2.10. The topological polar surface area (TPSA) is 63.4 Å². The van der Waals surface area contributed by atoms with E-state index in [4.69, 9.17) is 5.14 Å². The van der Waals surface area contributed by atoms with Gasteiger partial charge in [0.2, 0.25) is 10.0 Å². The van der Waals surface area contributed by atoms with Crippen LogP contribution in [0.2, 0.25) is 0 Å². The summed E-state index contributed by atoms with van der Waals surface area (Å²) >= 11 is 0. The van der Waals surface area contributed by atoms with E-state index in [0.29, 0.717) is 6.42 Å². The summed E-state index contributed by atoms with van der Waals surface area (Å²) in [6.45, 7) is 3.10. The van der Waals surface area contributed by atoms with Crippen LogP contribution in [0.25, 0.3) is 0 Å². The van der Waals surface area contributed by atoms with Gasteiger partial charge in [-0.1, -0.05) is 6.42 Å². The van der Waals surface area contributed by atoms with Crippen molar-refractivity contribution >= 4 is 10.0 Å². The normalized spacial score (nSPS) is 20.4. The van der Waals surface area contributed by atoms with E-state index in [2.05, 4.69) is 4.90 Å². The average Bonchev–Trinajstić information content (AvgIpc) is 2.04. The molecule has 4 nitrogen and oxygen atoms in total. The number of sulfonamides is 1. The molecule has 5 heteroatoms. The van der Waals surface area contributed by atoms with E-state index >= 15 is 0 Å². The van der Waals surface area contributed by atoms with Crippen LogP contribution in [0.15, 0.2) is 0 Å². The standard InChI is InChI=1S/C8H18N2O2S/c9-13(11,12)8-4-7-10-5-2-1-3-6-10/h1-8H2,(H2,9,11,12). The minimum Gasteiger partial charge on any atom is -0.303 e. The molecule has 1 saturated heterocycles. The fraction of sp³-hybridized carbons (Fsp3) is 1.00. The molecule has 0 aromatic heterocycles. The Labute approximate surface area is 80.1 Å². The van der Waals surface area contributed by atoms with E-state index in [0.717, 1.165) is 19.6 Å². The number of nitrogens with two attached hydrogens (primary N) is 1. The van der Waals surface area contributed by atoms with Crippen LogP contribution < -0.4 is 5.14 Å². The monoisotopic (exact) mass is 206 g/mol. The quantitative estimate of drug-likeness (QED) is 0.712. The zero-order chi connectivity index (χ0) is 9.73. The molecule has 0 saturated carbocycles. The summed E-state index contributed by atoms with van der Waals surface area (Å²) in [6, 6.07) is 0. The van der Waals surface area contributed by atoms with Crippen molar-refractivity contribution in [3.8, 4) is 0 Å². The molecule has 0 aliphatic carbocycles. The van der Waals surface area contributed by atoms with Crippen LogP contribution in [-0.2, 0) is 10.0 Å². The van der Waals surface area contributed by atoms with Gasteiger partial charge in [0.25, 0.3) is 0 Å². The average molecular weight is 206 g/mol. The van der Waals surface area contributed by atoms with Gasteiger partial charge in [0.15, 0.2) is 0 Å². The van der Waals surface area contributed by atoms with Crippen LogP contribution in [0.4, 0.5) is 0 Å². The molecule has 1 aliphatic heterocycles. The van der Waals surface area contributed by atoms with E-state index in [1.165, 1.54) is 19.3 Å². The van der Waals surface area contributed by atoms with Crippen LogP contribution in [0.1, 0.15) is 25.7 Å². The molecule has 0 unspecified atom stereocenters. The lowest BCUT2D eigenvalue weighted by atomic mass is 10.1. The molecule has 1 fully saturated rings. The smallest absolute Gasteiger partial charge is 0.209 e. The molecule has 0 amide bonds. The molecule has 1 rings (SSSR count). The van der Waals surface area contributed by atoms with Gasteiger partial charge < -0.3 is 4.90 Å². The molecule has 0 atom stereocenters. The van der Waals surface area contributed by atoms with E-state index in [-0.39, 0.29) is 5.75 Å². The highest BCUT2D eigenvalue weighted by atomic mass is 32.2. The van der Waals surface area contributed by atoms with Crippen molar-refractivity contribution in [1.82, 2.24) is 4.90 Å². The van der Waals surface area contributed by atoms with Crippen LogP contribution in [0, 0.1) is 0 Å². The third-order valence-corrected chi connectivity index (χ3v) is 3.21. The highest BCUT2D eigenvalue weighted by Crippen LogP contribution is 2.08. The maximum Gasteiger partial charge on any atom is 0.209 e. The zero-order valence-corrected chi connectivity index (χ0v) is 8.72. The molecule has 78 valence electrons. The predicted octanol–water partition coefficient (Wildman–Crippen LogP) is 0.151. The van der Waals surface area contributed by atoms with Crippen molar-refractivity contribution in [3.05, 3.63) is 0 Å². The van der Waals surface area contributed by atoms with Crippen LogP contribution in [0.3, 0.4) is 0 Å². The number of primary sulfonamides is 1. The predicted molar refractivity (Wildman–Crippen MR) is 52.9 cm³/mol. The summed E-state index contributed by atoms with van der Waals surface area (Å²) in [6.07, 6.45) is 4.47. The lowest BCUT2D eigenvalue weighted by molar-refractivity contribution is 0.229. The zero-order valence-electron chi connectivity index (χ0n) is 7.91. The van der Waals surface area contributed by atoms with E-state index in [1.807, 2.05) is 0 Å². The summed E-state index contributed by atoms with van der Waals surface area (Å²) in [5.74, 6) is 0.115. The molecule has 0 radical (unpaired) electrons. The van der Waals surface area contributed by atoms with Crippen LogP contribution in [0.5, 0.6) is 0 Å². The van der Waals surface area contributed by atoms with Crippen LogP contribution >= 0.6 is 0 Å². The molecule has 0 aromatic rings.